The number of rotatable bonds is 5. The number of benzene rings is 2. The number of urea groups is 1. The molecular weight excluding hydrogens is 338 g/mol. The average molecular weight is 364 g/mol. The van der Waals surface area contributed by atoms with Gasteiger partial charge in [0, 0.05) is 11.3 Å². The van der Waals surface area contributed by atoms with Crippen LogP contribution in [0.2, 0.25) is 0 Å². The summed E-state index contributed by atoms with van der Waals surface area (Å²) in [5.41, 5.74) is 2.48. The first-order chi connectivity index (χ1) is 13.1. The molecule has 0 aromatic heterocycles. The second-order valence-corrected chi connectivity index (χ2v) is 6.82. The number of carbonyl (C=O) groups is 2. The molecule has 2 amide bonds. The first-order valence-electron chi connectivity index (χ1n) is 9.34. The van der Waals surface area contributed by atoms with E-state index < -0.39 is 0 Å². The van der Waals surface area contributed by atoms with Gasteiger partial charge in [-0.3, -0.25) is 4.79 Å². The Kier molecular flexibility index (Phi) is 6.39. The number of Topliss-reactive ketones (excluding diaryl/α,β-unsaturated/α-hetero) is 1. The van der Waals surface area contributed by atoms with Crippen molar-refractivity contribution in [1.29, 1.82) is 0 Å². The molecule has 1 aliphatic heterocycles. The zero-order chi connectivity index (χ0) is 19.1. The fourth-order valence-corrected chi connectivity index (χ4v) is 3.17. The first kappa shape index (κ1) is 18.9. The van der Waals surface area contributed by atoms with E-state index in [1.165, 1.54) is 17.4 Å². The van der Waals surface area contributed by atoms with E-state index in [2.05, 4.69) is 29.6 Å². The van der Waals surface area contributed by atoms with Crippen molar-refractivity contribution in [3.8, 4) is 0 Å². The summed E-state index contributed by atoms with van der Waals surface area (Å²) in [5.74, 6) is -0.00753. The van der Waals surface area contributed by atoms with Crippen LogP contribution in [0.5, 0.6) is 0 Å². The molecule has 0 saturated carbocycles. The Bertz CT molecular complexity index is 809. The summed E-state index contributed by atoms with van der Waals surface area (Å²) in [6.07, 6.45) is 4.35. The van der Waals surface area contributed by atoms with Crippen LogP contribution in [-0.4, -0.2) is 49.4 Å². The van der Waals surface area contributed by atoms with Crippen molar-refractivity contribution in [1.82, 2.24) is 4.90 Å². The summed E-state index contributed by atoms with van der Waals surface area (Å²) in [6.45, 7) is 5.81. The Hall–Kier alpha value is -2.92. The minimum Gasteiger partial charge on any atom is -0.329 e. The number of hydrogen-bond donors (Lipinski definition) is 2. The fourth-order valence-electron chi connectivity index (χ4n) is 3.17. The van der Waals surface area contributed by atoms with E-state index in [9.17, 15) is 9.59 Å². The van der Waals surface area contributed by atoms with Gasteiger partial charge < -0.3 is 15.1 Å². The minimum atomic E-state index is -0.102. The Morgan fingerprint density at radius 1 is 1.07 bits per heavy atom. The lowest BCUT2D eigenvalue weighted by atomic mass is 10.1. The predicted molar refractivity (Wildman–Crippen MR) is 108 cm³/mol. The van der Waals surface area contributed by atoms with E-state index in [-0.39, 0.29) is 11.8 Å². The van der Waals surface area contributed by atoms with Crippen LogP contribution in [0, 0.1) is 0 Å². The highest BCUT2D eigenvalue weighted by atomic mass is 16.2. The molecule has 0 unspecified atom stereocenters. The standard InChI is InChI=1S/C22H25N3O2/c1-18(26)20-10-5-11-21(17-20)23-22(27)25-15-13-24(14-16-25)12-6-9-19-7-3-2-4-8-19/h2-11,17H,12-16H2,1H3,(H,23,27)/p+1/b9-6+. The van der Waals surface area contributed by atoms with Gasteiger partial charge in [0.1, 0.15) is 0 Å². The normalized spacial score (nSPS) is 15.1. The zero-order valence-electron chi connectivity index (χ0n) is 15.7. The number of nitrogens with one attached hydrogen (secondary N) is 2. The highest BCUT2D eigenvalue weighted by Gasteiger charge is 2.23. The second kappa shape index (κ2) is 9.14. The van der Waals surface area contributed by atoms with Crippen molar-refractivity contribution in [2.45, 2.75) is 6.92 Å². The van der Waals surface area contributed by atoms with Gasteiger partial charge in [-0.25, -0.2) is 4.79 Å². The van der Waals surface area contributed by atoms with Crippen LogP contribution < -0.4 is 10.2 Å². The highest BCUT2D eigenvalue weighted by molar-refractivity contribution is 5.96. The molecule has 2 aromatic rings. The van der Waals surface area contributed by atoms with Gasteiger partial charge in [-0.2, -0.15) is 0 Å². The molecule has 1 saturated heterocycles. The lowest BCUT2D eigenvalue weighted by Gasteiger charge is -2.31. The van der Waals surface area contributed by atoms with Gasteiger partial charge in [0.15, 0.2) is 5.78 Å². The van der Waals surface area contributed by atoms with Crippen LogP contribution in [0.1, 0.15) is 22.8 Å². The number of ketones is 1. The largest absolute Gasteiger partial charge is 0.329 e. The number of piperazine rings is 1. The third kappa shape index (κ3) is 5.53. The molecule has 0 spiro atoms. The SMILES string of the molecule is CC(=O)c1cccc(NC(=O)N2CC[NH+](C/C=C/c3ccccc3)CC2)c1. The maximum atomic E-state index is 12.5. The average Bonchev–Trinajstić information content (AvgIpc) is 2.69. The lowest BCUT2D eigenvalue weighted by molar-refractivity contribution is -0.898. The van der Waals surface area contributed by atoms with Gasteiger partial charge in [0.05, 0.1) is 32.7 Å². The van der Waals surface area contributed by atoms with E-state index in [1.54, 1.807) is 24.3 Å². The topological polar surface area (TPSA) is 53.9 Å². The van der Waals surface area contributed by atoms with Crippen LogP contribution in [0.3, 0.4) is 0 Å². The van der Waals surface area contributed by atoms with Crippen LogP contribution in [0.4, 0.5) is 10.5 Å². The fraction of sp³-hybridized carbons (Fsp3) is 0.273. The van der Waals surface area contributed by atoms with E-state index in [4.69, 9.17) is 0 Å². The van der Waals surface area contributed by atoms with Crippen LogP contribution in [-0.2, 0) is 0 Å². The van der Waals surface area contributed by atoms with Crippen molar-refractivity contribution in [2.24, 2.45) is 0 Å². The van der Waals surface area contributed by atoms with Gasteiger partial charge in [0.2, 0.25) is 0 Å². The summed E-state index contributed by atoms with van der Waals surface area (Å²) >= 11 is 0. The Labute approximate surface area is 160 Å². The summed E-state index contributed by atoms with van der Waals surface area (Å²) in [4.78, 5) is 27.2. The first-order valence-corrected chi connectivity index (χ1v) is 9.34. The van der Waals surface area contributed by atoms with Gasteiger partial charge in [-0.1, -0.05) is 48.5 Å². The number of quaternary nitrogens is 1. The number of amides is 2. The smallest absolute Gasteiger partial charge is 0.322 e. The van der Waals surface area contributed by atoms with E-state index in [1.807, 2.05) is 23.1 Å². The monoisotopic (exact) mass is 364 g/mol. The number of nitrogens with zero attached hydrogens (tertiary/aromatic N) is 1. The molecular formula is C22H26N3O2+. The third-order valence-corrected chi connectivity index (χ3v) is 4.79. The molecule has 140 valence electrons. The quantitative estimate of drug-likeness (QED) is 0.800. The van der Waals surface area contributed by atoms with Crippen LogP contribution in [0.15, 0.2) is 60.7 Å². The van der Waals surface area contributed by atoms with Gasteiger partial charge >= 0.3 is 6.03 Å². The molecule has 3 rings (SSSR count). The van der Waals surface area contributed by atoms with Crippen molar-refractivity contribution >= 4 is 23.6 Å². The Morgan fingerprint density at radius 2 is 1.81 bits per heavy atom. The molecule has 27 heavy (non-hydrogen) atoms. The molecule has 1 aliphatic rings. The third-order valence-electron chi connectivity index (χ3n) is 4.79. The zero-order valence-corrected chi connectivity index (χ0v) is 15.7. The van der Waals surface area contributed by atoms with E-state index in [0.717, 1.165) is 32.7 Å². The summed E-state index contributed by atoms with van der Waals surface area (Å²) in [7, 11) is 0. The molecule has 1 fully saturated rings. The predicted octanol–water partition coefficient (Wildman–Crippen LogP) is 2.33. The van der Waals surface area contributed by atoms with Crippen molar-refractivity contribution < 1.29 is 14.5 Å². The molecule has 0 radical (unpaired) electrons. The molecule has 2 aromatic carbocycles. The maximum Gasteiger partial charge on any atom is 0.322 e. The van der Waals surface area contributed by atoms with E-state index >= 15 is 0 Å². The molecule has 0 aliphatic carbocycles. The van der Waals surface area contributed by atoms with Crippen molar-refractivity contribution in [3.63, 3.8) is 0 Å². The number of anilines is 1. The molecule has 0 bridgehead atoms. The summed E-state index contributed by atoms with van der Waals surface area (Å²) in [5, 5.41) is 2.90. The van der Waals surface area contributed by atoms with E-state index in [0.29, 0.717) is 11.3 Å². The van der Waals surface area contributed by atoms with Crippen LogP contribution >= 0.6 is 0 Å². The minimum absolute atomic E-state index is 0.00753. The Balaban J connectivity index is 1.46. The van der Waals surface area contributed by atoms with Gasteiger partial charge in [-0.15, -0.1) is 0 Å². The van der Waals surface area contributed by atoms with Gasteiger partial charge in [-0.05, 0) is 30.7 Å². The maximum absolute atomic E-state index is 12.5. The second-order valence-electron chi connectivity index (χ2n) is 6.82. The number of carbonyl (C=O) groups excluding carboxylic acids is 2. The molecule has 1 heterocycles. The summed E-state index contributed by atoms with van der Waals surface area (Å²) in [6, 6.07) is 17.2. The number of hydrogen-bond acceptors (Lipinski definition) is 2. The highest BCUT2D eigenvalue weighted by Crippen LogP contribution is 2.12. The van der Waals surface area contributed by atoms with Crippen molar-refractivity contribution in [2.75, 3.05) is 38.0 Å². The molecule has 5 heteroatoms. The van der Waals surface area contributed by atoms with Crippen LogP contribution in [0.25, 0.3) is 6.08 Å². The molecule has 0 atom stereocenters. The molecule has 5 nitrogen and oxygen atoms in total. The Morgan fingerprint density at radius 3 is 2.52 bits per heavy atom. The lowest BCUT2D eigenvalue weighted by Crippen LogP contribution is -3.14. The summed E-state index contributed by atoms with van der Waals surface area (Å²) < 4.78 is 0. The van der Waals surface area contributed by atoms with Gasteiger partial charge in [0.25, 0.3) is 0 Å². The molecule has 2 N–H and O–H groups in total. The van der Waals surface area contributed by atoms with Crippen molar-refractivity contribution in [3.05, 3.63) is 71.8 Å².